The van der Waals surface area contributed by atoms with Gasteiger partial charge < -0.3 is 10.4 Å². The monoisotopic (exact) mass is 243 g/mol. The number of carboxylic acids is 1. The largest absolute Gasteiger partial charge is 0.481 e. The van der Waals surface area contributed by atoms with E-state index in [2.05, 4.69) is 19.2 Å². The topological polar surface area (TPSA) is 66.4 Å². The number of hydrogen-bond donors (Lipinski definition) is 2. The summed E-state index contributed by atoms with van der Waals surface area (Å²) in [6.45, 7) is 6.65. The number of aliphatic carboxylic acids is 1. The van der Waals surface area contributed by atoms with E-state index >= 15 is 0 Å². The summed E-state index contributed by atoms with van der Waals surface area (Å²) in [7, 11) is 0. The lowest BCUT2D eigenvalue weighted by Crippen LogP contribution is -2.30. The fourth-order valence-corrected chi connectivity index (χ4v) is 1.84. The van der Waals surface area contributed by atoms with Crippen molar-refractivity contribution in [3.05, 3.63) is 0 Å². The van der Waals surface area contributed by atoms with Crippen molar-refractivity contribution < 1.29 is 14.7 Å². The highest BCUT2D eigenvalue weighted by atomic mass is 16.4. The summed E-state index contributed by atoms with van der Waals surface area (Å²) in [5, 5.41) is 11.6. The van der Waals surface area contributed by atoms with Crippen LogP contribution >= 0.6 is 0 Å². The maximum Gasteiger partial charge on any atom is 0.303 e. The smallest absolute Gasteiger partial charge is 0.303 e. The summed E-state index contributed by atoms with van der Waals surface area (Å²) in [6.07, 6.45) is 3.39. The molecule has 0 aliphatic carbocycles. The molecule has 0 bridgehead atoms. The van der Waals surface area contributed by atoms with E-state index in [1.54, 1.807) is 0 Å². The quantitative estimate of drug-likeness (QED) is 0.653. The van der Waals surface area contributed by atoms with Crippen LogP contribution in [0.4, 0.5) is 0 Å². The van der Waals surface area contributed by atoms with E-state index in [0.717, 1.165) is 19.3 Å². The Kier molecular flexibility index (Phi) is 8.46. The zero-order valence-electron chi connectivity index (χ0n) is 11.2. The average Bonchev–Trinajstić information content (AvgIpc) is 2.21. The molecule has 0 rings (SSSR count). The van der Waals surface area contributed by atoms with Crippen LogP contribution in [0.15, 0.2) is 0 Å². The van der Waals surface area contributed by atoms with Gasteiger partial charge >= 0.3 is 5.97 Å². The van der Waals surface area contributed by atoms with Gasteiger partial charge in [-0.05, 0) is 24.7 Å². The summed E-state index contributed by atoms with van der Waals surface area (Å²) < 4.78 is 0. The minimum atomic E-state index is -0.793. The fraction of sp³-hybridized carbons (Fsp3) is 0.846. The molecule has 0 saturated heterocycles. The number of carboxylic acid groups (broad SMARTS) is 1. The van der Waals surface area contributed by atoms with Crippen LogP contribution in [0.25, 0.3) is 0 Å². The summed E-state index contributed by atoms with van der Waals surface area (Å²) in [4.78, 5) is 22.1. The predicted molar refractivity (Wildman–Crippen MR) is 67.7 cm³/mol. The zero-order chi connectivity index (χ0) is 13.3. The van der Waals surface area contributed by atoms with Crippen molar-refractivity contribution in [3.8, 4) is 0 Å². The molecule has 0 aliphatic rings. The molecule has 0 aromatic heterocycles. The first-order valence-corrected chi connectivity index (χ1v) is 6.44. The standard InChI is InChI=1S/C13H25NO3/c1-4-5-6-12(15)14-9-11(7-10(2)3)8-13(16)17/h10-11H,4-9H2,1-3H3,(H,14,15)(H,16,17). The van der Waals surface area contributed by atoms with Crippen LogP contribution in [0.2, 0.25) is 0 Å². The van der Waals surface area contributed by atoms with Crippen molar-refractivity contribution in [1.29, 1.82) is 0 Å². The Morgan fingerprint density at radius 2 is 1.94 bits per heavy atom. The molecule has 17 heavy (non-hydrogen) atoms. The molecule has 0 heterocycles. The fourth-order valence-electron chi connectivity index (χ4n) is 1.84. The summed E-state index contributed by atoms with van der Waals surface area (Å²) in [5.41, 5.74) is 0. The second-order valence-electron chi connectivity index (χ2n) is 5.00. The van der Waals surface area contributed by atoms with Gasteiger partial charge in [0, 0.05) is 19.4 Å². The Labute approximate surface area is 104 Å². The maximum atomic E-state index is 11.4. The first-order valence-electron chi connectivity index (χ1n) is 6.44. The van der Waals surface area contributed by atoms with Gasteiger partial charge in [-0.3, -0.25) is 9.59 Å². The summed E-state index contributed by atoms with van der Waals surface area (Å²) in [6, 6.07) is 0. The van der Waals surface area contributed by atoms with Crippen molar-refractivity contribution in [2.75, 3.05) is 6.54 Å². The molecular weight excluding hydrogens is 218 g/mol. The Hall–Kier alpha value is -1.06. The Bertz CT molecular complexity index is 239. The Morgan fingerprint density at radius 1 is 1.29 bits per heavy atom. The first kappa shape index (κ1) is 15.9. The van der Waals surface area contributed by atoms with Crippen molar-refractivity contribution in [3.63, 3.8) is 0 Å². The second kappa shape index (κ2) is 9.02. The van der Waals surface area contributed by atoms with Crippen molar-refractivity contribution in [2.24, 2.45) is 11.8 Å². The van der Waals surface area contributed by atoms with E-state index in [0.29, 0.717) is 18.9 Å². The molecule has 4 nitrogen and oxygen atoms in total. The molecule has 1 atom stereocenters. The lowest BCUT2D eigenvalue weighted by molar-refractivity contribution is -0.138. The van der Waals surface area contributed by atoms with Gasteiger partial charge in [0.2, 0.25) is 5.91 Å². The zero-order valence-corrected chi connectivity index (χ0v) is 11.2. The van der Waals surface area contributed by atoms with Crippen LogP contribution in [0.5, 0.6) is 0 Å². The molecule has 2 N–H and O–H groups in total. The normalized spacial score (nSPS) is 12.5. The molecule has 0 aromatic carbocycles. The first-order chi connectivity index (χ1) is 7.95. The predicted octanol–water partition coefficient (Wildman–Crippen LogP) is 2.43. The number of nitrogens with one attached hydrogen (secondary N) is 1. The molecular formula is C13H25NO3. The van der Waals surface area contributed by atoms with Crippen molar-refractivity contribution >= 4 is 11.9 Å². The van der Waals surface area contributed by atoms with Gasteiger partial charge in [0.05, 0.1) is 0 Å². The van der Waals surface area contributed by atoms with Gasteiger partial charge in [-0.2, -0.15) is 0 Å². The van der Waals surface area contributed by atoms with Crippen molar-refractivity contribution in [2.45, 2.75) is 52.9 Å². The van der Waals surface area contributed by atoms with Gasteiger partial charge in [-0.1, -0.05) is 27.2 Å². The second-order valence-corrected chi connectivity index (χ2v) is 5.00. The van der Waals surface area contributed by atoms with E-state index in [-0.39, 0.29) is 18.2 Å². The number of carbonyl (C=O) groups excluding carboxylic acids is 1. The lowest BCUT2D eigenvalue weighted by atomic mass is 9.94. The van der Waals surface area contributed by atoms with Gasteiger partial charge in [0.1, 0.15) is 0 Å². The van der Waals surface area contributed by atoms with Gasteiger partial charge in [0.25, 0.3) is 0 Å². The van der Waals surface area contributed by atoms with Crippen LogP contribution in [0.3, 0.4) is 0 Å². The van der Waals surface area contributed by atoms with Crippen LogP contribution in [-0.2, 0) is 9.59 Å². The van der Waals surface area contributed by atoms with Gasteiger partial charge in [-0.15, -0.1) is 0 Å². The highest BCUT2D eigenvalue weighted by Gasteiger charge is 2.15. The third kappa shape index (κ3) is 9.85. The van der Waals surface area contributed by atoms with E-state index < -0.39 is 5.97 Å². The molecule has 1 unspecified atom stereocenters. The minimum absolute atomic E-state index is 0.0333. The highest BCUT2D eigenvalue weighted by molar-refractivity contribution is 5.75. The van der Waals surface area contributed by atoms with Crippen LogP contribution < -0.4 is 5.32 Å². The number of unbranched alkanes of at least 4 members (excludes halogenated alkanes) is 1. The van der Waals surface area contributed by atoms with Crippen LogP contribution in [-0.4, -0.2) is 23.5 Å². The van der Waals surface area contributed by atoms with Gasteiger partial charge in [0.15, 0.2) is 0 Å². The number of carbonyl (C=O) groups is 2. The molecule has 0 aromatic rings. The van der Waals surface area contributed by atoms with E-state index in [9.17, 15) is 9.59 Å². The average molecular weight is 243 g/mol. The number of rotatable bonds is 9. The van der Waals surface area contributed by atoms with E-state index in [1.165, 1.54) is 0 Å². The molecule has 0 aliphatic heterocycles. The molecule has 4 heteroatoms. The SMILES string of the molecule is CCCCC(=O)NCC(CC(=O)O)CC(C)C. The Morgan fingerprint density at radius 3 is 2.41 bits per heavy atom. The summed E-state index contributed by atoms with van der Waals surface area (Å²) >= 11 is 0. The maximum absolute atomic E-state index is 11.4. The van der Waals surface area contributed by atoms with Crippen LogP contribution in [0, 0.1) is 11.8 Å². The molecule has 100 valence electrons. The molecule has 0 fully saturated rings. The number of hydrogen-bond acceptors (Lipinski definition) is 2. The minimum Gasteiger partial charge on any atom is -0.481 e. The molecule has 0 radical (unpaired) electrons. The third-order valence-electron chi connectivity index (χ3n) is 2.61. The molecule has 0 saturated carbocycles. The Balaban J connectivity index is 3.97. The summed E-state index contributed by atoms with van der Waals surface area (Å²) in [5.74, 6) is -0.269. The van der Waals surface area contributed by atoms with E-state index in [4.69, 9.17) is 5.11 Å². The number of amides is 1. The van der Waals surface area contributed by atoms with Gasteiger partial charge in [-0.25, -0.2) is 0 Å². The molecule has 0 spiro atoms. The third-order valence-corrected chi connectivity index (χ3v) is 2.61. The highest BCUT2D eigenvalue weighted by Crippen LogP contribution is 2.14. The molecule has 1 amide bonds. The lowest BCUT2D eigenvalue weighted by Gasteiger charge is -2.17. The van der Waals surface area contributed by atoms with E-state index in [1.807, 2.05) is 6.92 Å². The van der Waals surface area contributed by atoms with Crippen molar-refractivity contribution in [1.82, 2.24) is 5.32 Å². The van der Waals surface area contributed by atoms with Crippen LogP contribution in [0.1, 0.15) is 52.9 Å².